The number of aromatic nitrogens is 3. The van der Waals surface area contributed by atoms with Crippen molar-refractivity contribution in [2.75, 3.05) is 5.32 Å². The van der Waals surface area contributed by atoms with E-state index in [9.17, 15) is 4.79 Å². The number of carbonyl (C=O) groups is 1. The highest BCUT2D eigenvalue weighted by Crippen LogP contribution is 2.24. The van der Waals surface area contributed by atoms with E-state index in [-0.39, 0.29) is 11.8 Å². The van der Waals surface area contributed by atoms with E-state index < -0.39 is 0 Å². The lowest BCUT2D eigenvalue weighted by Gasteiger charge is -2.19. The van der Waals surface area contributed by atoms with Gasteiger partial charge in [0.25, 0.3) is 0 Å². The Morgan fingerprint density at radius 1 is 1.12 bits per heavy atom. The highest BCUT2D eigenvalue weighted by atomic mass is 16.1. The van der Waals surface area contributed by atoms with Crippen molar-refractivity contribution in [3.63, 3.8) is 0 Å². The number of H-pyrrole nitrogens is 1. The van der Waals surface area contributed by atoms with Gasteiger partial charge in [-0.25, -0.2) is 4.98 Å². The second kappa shape index (κ2) is 8.06. The number of amides is 1. The summed E-state index contributed by atoms with van der Waals surface area (Å²) in [6, 6.07) is 7.62. The average molecular weight is 327 g/mol. The van der Waals surface area contributed by atoms with Crippen LogP contribution in [0, 0.1) is 5.92 Å². The predicted molar refractivity (Wildman–Crippen MR) is 94.1 cm³/mol. The first-order valence-corrected chi connectivity index (χ1v) is 8.79. The molecule has 1 aromatic heterocycles. The second-order valence-corrected chi connectivity index (χ2v) is 6.42. The summed E-state index contributed by atoms with van der Waals surface area (Å²) in [5.74, 6) is 1.57. The zero-order valence-corrected chi connectivity index (χ0v) is 13.9. The number of hydrogen-bond acceptors (Lipinski definition) is 4. The number of rotatable bonds is 4. The van der Waals surface area contributed by atoms with Crippen molar-refractivity contribution in [2.24, 2.45) is 11.7 Å². The quantitative estimate of drug-likeness (QED) is 0.803. The van der Waals surface area contributed by atoms with Crippen molar-refractivity contribution in [1.29, 1.82) is 0 Å². The highest BCUT2D eigenvalue weighted by molar-refractivity contribution is 5.92. The van der Waals surface area contributed by atoms with Crippen LogP contribution in [0.4, 0.5) is 5.69 Å². The number of nitrogens with two attached hydrogens (primary N) is 1. The minimum Gasteiger partial charge on any atom is -0.326 e. The highest BCUT2D eigenvalue weighted by Gasteiger charge is 2.19. The number of hydrogen-bond donors (Lipinski definition) is 3. The molecule has 6 heteroatoms. The van der Waals surface area contributed by atoms with Crippen molar-refractivity contribution >= 4 is 11.6 Å². The summed E-state index contributed by atoms with van der Waals surface area (Å²) in [5.41, 5.74) is 7.25. The first kappa shape index (κ1) is 16.6. The van der Waals surface area contributed by atoms with Gasteiger partial charge in [0.1, 0.15) is 5.82 Å². The summed E-state index contributed by atoms with van der Waals surface area (Å²) in [6.45, 7) is 0.336. The van der Waals surface area contributed by atoms with Gasteiger partial charge in [-0.2, -0.15) is 5.10 Å². The molecule has 1 aliphatic carbocycles. The maximum atomic E-state index is 12.5. The maximum absolute atomic E-state index is 12.5. The summed E-state index contributed by atoms with van der Waals surface area (Å²) in [6.07, 6.45) is 8.13. The molecule has 1 heterocycles. The largest absolute Gasteiger partial charge is 0.326 e. The molecule has 0 spiro atoms. The van der Waals surface area contributed by atoms with E-state index in [1.807, 2.05) is 24.3 Å². The summed E-state index contributed by atoms with van der Waals surface area (Å²) < 4.78 is 0. The van der Waals surface area contributed by atoms with Crippen LogP contribution in [0.25, 0.3) is 11.4 Å². The van der Waals surface area contributed by atoms with Crippen molar-refractivity contribution in [1.82, 2.24) is 15.2 Å². The van der Waals surface area contributed by atoms with Crippen LogP contribution in [0.15, 0.2) is 24.3 Å². The van der Waals surface area contributed by atoms with Gasteiger partial charge in [0.15, 0.2) is 5.82 Å². The second-order valence-electron chi connectivity index (χ2n) is 6.42. The third-order valence-corrected chi connectivity index (χ3v) is 4.61. The van der Waals surface area contributed by atoms with E-state index >= 15 is 0 Å². The summed E-state index contributed by atoms with van der Waals surface area (Å²) >= 11 is 0. The molecule has 128 valence electrons. The number of benzene rings is 1. The van der Waals surface area contributed by atoms with Crippen molar-refractivity contribution in [3.8, 4) is 11.4 Å². The molecular weight excluding hydrogens is 302 g/mol. The molecule has 0 bridgehead atoms. The monoisotopic (exact) mass is 327 g/mol. The van der Waals surface area contributed by atoms with Crippen LogP contribution in [0.3, 0.4) is 0 Å². The van der Waals surface area contributed by atoms with E-state index in [0.29, 0.717) is 18.2 Å². The van der Waals surface area contributed by atoms with Crippen molar-refractivity contribution < 1.29 is 4.79 Å². The van der Waals surface area contributed by atoms with Crippen LogP contribution in [-0.2, 0) is 11.3 Å². The third kappa shape index (κ3) is 4.20. The number of carbonyl (C=O) groups excluding carboxylic acids is 1. The van der Waals surface area contributed by atoms with Gasteiger partial charge in [-0.05, 0) is 37.1 Å². The van der Waals surface area contributed by atoms with Crippen molar-refractivity contribution in [3.05, 3.63) is 30.1 Å². The Labute approximate surface area is 142 Å². The molecule has 4 N–H and O–H groups in total. The number of anilines is 1. The lowest BCUT2D eigenvalue weighted by atomic mass is 9.90. The van der Waals surface area contributed by atoms with Gasteiger partial charge in [-0.3, -0.25) is 9.89 Å². The normalized spacial score (nSPS) is 16.4. The fourth-order valence-corrected chi connectivity index (χ4v) is 3.18. The van der Waals surface area contributed by atoms with Gasteiger partial charge < -0.3 is 11.1 Å². The molecule has 1 saturated carbocycles. The average Bonchev–Trinajstić information content (AvgIpc) is 3.04. The van der Waals surface area contributed by atoms with Gasteiger partial charge in [-0.1, -0.05) is 32.1 Å². The lowest BCUT2D eigenvalue weighted by Crippen LogP contribution is -2.23. The molecule has 0 radical (unpaired) electrons. The van der Waals surface area contributed by atoms with E-state index in [2.05, 4.69) is 20.5 Å². The van der Waals surface area contributed by atoms with Crippen LogP contribution in [0.5, 0.6) is 0 Å². The van der Waals surface area contributed by atoms with E-state index in [1.165, 1.54) is 19.3 Å². The summed E-state index contributed by atoms with van der Waals surface area (Å²) in [5, 5.41) is 9.98. The first-order valence-electron chi connectivity index (χ1n) is 8.79. The van der Waals surface area contributed by atoms with Gasteiger partial charge in [0.2, 0.25) is 5.91 Å². The zero-order chi connectivity index (χ0) is 16.8. The number of nitrogens with zero attached hydrogens (tertiary/aromatic N) is 2. The molecule has 3 rings (SSSR count). The third-order valence-electron chi connectivity index (χ3n) is 4.61. The van der Waals surface area contributed by atoms with Crippen LogP contribution in [0.1, 0.15) is 50.8 Å². The Kier molecular flexibility index (Phi) is 5.59. The lowest BCUT2D eigenvalue weighted by molar-refractivity contribution is -0.120. The molecule has 1 aromatic carbocycles. The van der Waals surface area contributed by atoms with Gasteiger partial charge in [-0.15, -0.1) is 0 Å². The van der Waals surface area contributed by atoms with Crippen LogP contribution >= 0.6 is 0 Å². The molecule has 24 heavy (non-hydrogen) atoms. The van der Waals surface area contributed by atoms with E-state index in [0.717, 1.165) is 36.9 Å². The van der Waals surface area contributed by atoms with Gasteiger partial charge in [0.05, 0.1) is 6.54 Å². The van der Waals surface area contributed by atoms with Gasteiger partial charge in [0, 0.05) is 17.2 Å². The zero-order valence-electron chi connectivity index (χ0n) is 13.9. The van der Waals surface area contributed by atoms with Crippen molar-refractivity contribution in [2.45, 2.75) is 51.5 Å². The molecule has 1 aliphatic rings. The Balaban J connectivity index is 1.61. The minimum atomic E-state index is 0.144. The molecule has 0 saturated heterocycles. The van der Waals surface area contributed by atoms with E-state index in [1.54, 1.807) is 0 Å². The van der Waals surface area contributed by atoms with Crippen LogP contribution in [0.2, 0.25) is 0 Å². The molecule has 1 fully saturated rings. The molecule has 1 amide bonds. The number of nitrogens with one attached hydrogen (secondary N) is 2. The Morgan fingerprint density at radius 2 is 1.79 bits per heavy atom. The molecule has 0 aliphatic heterocycles. The fraction of sp³-hybridized carbons (Fsp3) is 0.500. The number of aromatic amines is 1. The summed E-state index contributed by atoms with van der Waals surface area (Å²) in [4.78, 5) is 16.8. The van der Waals surface area contributed by atoms with Crippen LogP contribution < -0.4 is 11.1 Å². The van der Waals surface area contributed by atoms with Gasteiger partial charge >= 0.3 is 0 Å². The smallest absolute Gasteiger partial charge is 0.227 e. The molecule has 6 nitrogen and oxygen atoms in total. The van der Waals surface area contributed by atoms with Crippen LogP contribution in [-0.4, -0.2) is 21.1 Å². The summed E-state index contributed by atoms with van der Waals surface area (Å²) in [7, 11) is 0. The first-order chi connectivity index (χ1) is 11.8. The Morgan fingerprint density at radius 3 is 2.42 bits per heavy atom. The molecule has 2 aromatic rings. The van der Waals surface area contributed by atoms with E-state index in [4.69, 9.17) is 5.73 Å². The molecule has 0 unspecified atom stereocenters. The maximum Gasteiger partial charge on any atom is 0.227 e. The molecule has 0 atom stereocenters. The topological polar surface area (TPSA) is 96.7 Å². The Hall–Kier alpha value is -2.21. The SMILES string of the molecule is NCc1nc(-c2ccc(NC(=O)C3CCCCCCC3)cc2)n[nH]1. The predicted octanol–water partition coefficient (Wildman–Crippen LogP) is 3.23. The molecular formula is C18H25N5O. The fourth-order valence-electron chi connectivity index (χ4n) is 3.18. The Bertz CT molecular complexity index is 656. The minimum absolute atomic E-state index is 0.144. The standard InChI is InChI=1S/C18H25N5O/c19-12-16-21-17(23-22-16)13-8-10-15(11-9-13)20-18(24)14-6-4-2-1-3-5-7-14/h8-11,14H,1-7,12,19H2,(H,20,24)(H,21,22,23).